The van der Waals surface area contributed by atoms with Crippen molar-refractivity contribution in [3.05, 3.63) is 12.3 Å². The predicted octanol–water partition coefficient (Wildman–Crippen LogP) is 3.71. The number of aliphatic hydroxyl groups excluding tert-OH is 2. The van der Waals surface area contributed by atoms with Gasteiger partial charge in [0.05, 0.1) is 0 Å². The van der Waals surface area contributed by atoms with Crippen LogP contribution in [0.2, 0.25) is 57.9 Å². The van der Waals surface area contributed by atoms with Gasteiger partial charge in [0.2, 0.25) is 0 Å². The minimum atomic E-state index is -2.52. The standard InChI is InChI=1S/C15H38O5Si4/c1-9-24(8,19-22(4,5)15-11-13-17)20-23(6,7)18-21(2,3)14-10-12-16/h9,16-17H,1,10-15H2,2-8H3. The minimum Gasteiger partial charge on any atom is -0.436 e. The fraction of sp³-hybridized carbons (Fsp3) is 0.867. The maximum absolute atomic E-state index is 9.07. The summed E-state index contributed by atoms with van der Waals surface area (Å²) in [6.07, 6.45) is 1.54. The second kappa shape index (κ2) is 9.93. The Kier molecular flexibility index (Phi) is 10.1. The molecule has 24 heavy (non-hydrogen) atoms. The summed E-state index contributed by atoms with van der Waals surface area (Å²) in [6.45, 7) is 19.2. The van der Waals surface area contributed by atoms with Crippen molar-refractivity contribution in [2.45, 2.75) is 70.8 Å². The van der Waals surface area contributed by atoms with E-state index in [-0.39, 0.29) is 13.2 Å². The zero-order valence-electron chi connectivity index (χ0n) is 16.6. The van der Waals surface area contributed by atoms with Gasteiger partial charge in [0.25, 0.3) is 0 Å². The lowest BCUT2D eigenvalue weighted by Gasteiger charge is -2.41. The Morgan fingerprint density at radius 3 is 1.54 bits per heavy atom. The Hall–Kier alpha value is 0.408. The van der Waals surface area contributed by atoms with Gasteiger partial charge >= 0.3 is 17.1 Å². The third kappa shape index (κ3) is 10.4. The fourth-order valence-electron chi connectivity index (χ4n) is 2.94. The summed E-state index contributed by atoms with van der Waals surface area (Å²) in [5.74, 6) is 0. The molecule has 0 spiro atoms. The molecule has 9 heteroatoms. The summed E-state index contributed by atoms with van der Waals surface area (Å²) in [5, 5.41) is 18.1. The van der Waals surface area contributed by atoms with E-state index in [1.54, 1.807) is 0 Å². The molecule has 0 aromatic rings. The van der Waals surface area contributed by atoms with E-state index >= 15 is 0 Å². The van der Waals surface area contributed by atoms with Crippen LogP contribution < -0.4 is 0 Å². The quantitative estimate of drug-likeness (QED) is 0.453. The second-order valence-electron chi connectivity index (χ2n) is 8.10. The van der Waals surface area contributed by atoms with Crippen LogP contribution in [0, 0.1) is 0 Å². The first-order valence-electron chi connectivity index (χ1n) is 8.76. The third-order valence-electron chi connectivity index (χ3n) is 3.69. The van der Waals surface area contributed by atoms with Gasteiger partial charge in [-0.1, -0.05) is 5.70 Å². The number of hydrogen-bond donors (Lipinski definition) is 2. The second-order valence-corrected chi connectivity index (χ2v) is 23.8. The molecule has 0 saturated carbocycles. The van der Waals surface area contributed by atoms with Gasteiger partial charge in [0, 0.05) is 13.2 Å². The zero-order valence-corrected chi connectivity index (χ0v) is 20.6. The van der Waals surface area contributed by atoms with Crippen LogP contribution in [0.3, 0.4) is 0 Å². The van der Waals surface area contributed by atoms with Gasteiger partial charge in [-0.25, -0.2) is 0 Å². The average Bonchev–Trinajstić information content (AvgIpc) is 2.40. The first-order chi connectivity index (χ1) is 10.8. The molecule has 144 valence electrons. The number of rotatable bonds is 13. The van der Waals surface area contributed by atoms with E-state index in [9.17, 15) is 0 Å². The summed E-state index contributed by atoms with van der Waals surface area (Å²) < 4.78 is 19.4. The van der Waals surface area contributed by atoms with E-state index in [1.807, 2.05) is 12.2 Å². The molecule has 0 bridgehead atoms. The summed E-state index contributed by atoms with van der Waals surface area (Å²) in [7, 11) is -8.65. The van der Waals surface area contributed by atoms with E-state index in [0.29, 0.717) is 0 Å². The maximum atomic E-state index is 9.07. The van der Waals surface area contributed by atoms with Crippen molar-refractivity contribution < 1.29 is 22.6 Å². The van der Waals surface area contributed by atoms with Gasteiger partial charge in [-0.15, -0.1) is 6.58 Å². The smallest absolute Gasteiger partial charge is 0.342 e. The van der Waals surface area contributed by atoms with Crippen LogP contribution in [0.5, 0.6) is 0 Å². The van der Waals surface area contributed by atoms with Gasteiger partial charge < -0.3 is 22.6 Å². The Morgan fingerprint density at radius 1 is 0.750 bits per heavy atom. The largest absolute Gasteiger partial charge is 0.436 e. The summed E-state index contributed by atoms with van der Waals surface area (Å²) >= 11 is 0. The van der Waals surface area contributed by atoms with Gasteiger partial charge in [0.1, 0.15) is 0 Å². The van der Waals surface area contributed by atoms with Gasteiger partial charge in [-0.05, 0) is 70.8 Å². The van der Waals surface area contributed by atoms with E-state index in [0.717, 1.165) is 24.9 Å². The van der Waals surface area contributed by atoms with Crippen molar-refractivity contribution >= 4 is 33.8 Å². The summed E-state index contributed by atoms with van der Waals surface area (Å²) in [4.78, 5) is 0. The molecule has 5 nitrogen and oxygen atoms in total. The lowest BCUT2D eigenvalue weighted by atomic mass is 10.5. The van der Waals surface area contributed by atoms with E-state index in [1.165, 1.54) is 0 Å². The lowest BCUT2D eigenvalue weighted by Crippen LogP contribution is -2.57. The van der Waals surface area contributed by atoms with Crippen LogP contribution >= 0.6 is 0 Å². The molecule has 1 atom stereocenters. The van der Waals surface area contributed by atoms with Crippen LogP contribution in [0.1, 0.15) is 12.8 Å². The fourth-order valence-corrected chi connectivity index (χ4v) is 21.1. The number of hydrogen-bond acceptors (Lipinski definition) is 5. The van der Waals surface area contributed by atoms with Gasteiger partial charge in [-0.3, -0.25) is 0 Å². The van der Waals surface area contributed by atoms with Crippen LogP contribution in [-0.4, -0.2) is 57.2 Å². The van der Waals surface area contributed by atoms with E-state index in [2.05, 4.69) is 45.9 Å². The van der Waals surface area contributed by atoms with Crippen molar-refractivity contribution in [1.29, 1.82) is 0 Å². The Labute approximate surface area is 152 Å². The highest BCUT2D eigenvalue weighted by atomic mass is 28.5. The normalized spacial score (nSPS) is 16.0. The summed E-state index contributed by atoms with van der Waals surface area (Å²) in [6, 6.07) is 1.83. The monoisotopic (exact) mass is 410 g/mol. The third-order valence-corrected chi connectivity index (χ3v) is 19.1. The Morgan fingerprint density at radius 2 is 1.17 bits per heavy atom. The van der Waals surface area contributed by atoms with Crippen LogP contribution in [0.4, 0.5) is 0 Å². The molecule has 0 radical (unpaired) electrons. The van der Waals surface area contributed by atoms with Crippen molar-refractivity contribution in [1.82, 2.24) is 0 Å². The van der Waals surface area contributed by atoms with Gasteiger partial charge in [-0.2, -0.15) is 0 Å². The SMILES string of the molecule is C=C[Si](C)(O[Si](C)(C)CCCO)O[Si](C)(C)O[Si](C)(C)CCCO. The molecule has 0 aromatic carbocycles. The molecule has 0 fully saturated rings. The highest BCUT2D eigenvalue weighted by molar-refractivity contribution is 6.91. The summed E-state index contributed by atoms with van der Waals surface area (Å²) in [5.41, 5.74) is 1.85. The molecule has 0 aliphatic carbocycles. The molecule has 0 aromatic heterocycles. The van der Waals surface area contributed by atoms with E-state index in [4.69, 9.17) is 22.6 Å². The van der Waals surface area contributed by atoms with Crippen molar-refractivity contribution in [2.75, 3.05) is 13.2 Å². The molecule has 0 amide bonds. The topological polar surface area (TPSA) is 68.2 Å². The van der Waals surface area contributed by atoms with Crippen molar-refractivity contribution in [3.63, 3.8) is 0 Å². The zero-order chi connectivity index (χ0) is 19.1. The molecule has 0 aliphatic heterocycles. The van der Waals surface area contributed by atoms with Gasteiger partial charge in [0.15, 0.2) is 16.6 Å². The highest BCUT2D eigenvalue weighted by Crippen LogP contribution is 2.27. The Bertz CT molecular complexity index is 390. The molecule has 0 saturated heterocycles. The van der Waals surface area contributed by atoms with Crippen LogP contribution in [0.25, 0.3) is 0 Å². The van der Waals surface area contributed by atoms with Crippen molar-refractivity contribution in [3.8, 4) is 0 Å². The molecule has 0 aliphatic rings. The lowest BCUT2D eigenvalue weighted by molar-refractivity contribution is 0.288. The number of aliphatic hydroxyl groups is 2. The first-order valence-corrected chi connectivity index (χ1v) is 20.2. The first kappa shape index (κ1) is 24.4. The van der Waals surface area contributed by atoms with E-state index < -0.39 is 33.8 Å². The highest BCUT2D eigenvalue weighted by Gasteiger charge is 2.44. The molecular formula is C15H38O5Si4. The Balaban J connectivity index is 4.96. The maximum Gasteiger partial charge on any atom is 0.342 e. The minimum absolute atomic E-state index is 0.195. The molecule has 0 heterocycles. The molecule has 2 N–H and O–H groups in total. The molecular weight excluding hydrogens is 373 g/mol. The average molecular weight is 411 g/mol. The predicted molar refractivity (Wildman–Crippen MR) is 111 cm³/mol. The van der Waals surface area contributed by atoms with Crippen LogP contribution in [-0.2, 0) is 12.3 Å². The van der Waals surface area contributed by atoms with Crippen molar-refractivity contribution in [2.24, 2.45) is 0 Å². The molecule has 1 unspecified atom stereocenters. The van der Waals surface area contributed by atoms with Crippen LogP contribution in [0.15, 0.2) is 12.3 Å². The molecule has 0 rings (SSSR count).